The van der Waals surface area contributed by atoms with Gasteiger partial charge in [0, 0.05) is 12.5 Å². The van der Waals surface area contributed by atoms with Gasteiger partial charge in [0.25, 0.3) is 0 Å². The molecule has 17 heavy (non-hydrogen) atoms. The van der Waals surface area contributed by atoms with Gasteiger partial charge in [-0.2, -0.15) is 0 Å². The summed E-state index contributed by atoms with van der Waals surface area (Å²) in [5.41, 5.74) is -0.0951. The molecule has 5 heteroatoms. The number of aliphatic carboxylic acids is 1. The van der Waals surface area contributed by atoms with E-state index >= 15 is 0 Å². The van der Waals surface area contributed by atoms with E-state index in [2.05, 4.69) is 16.6 Å². The molecule has 3 N–H and O–H groups in total. The topological polar surface area (TPSA) is 78.4 Å². The third-order valence-electron chi connectivity index (χ3n) is 2.57. The number of nitrogens with one attached hydrogen (secondary N) is 2. The van der Waals surface area contributed by atoms with Crippen molar-refractivity contribution in [3.8, 4) is 12.3 Å². The van der Waals surface area contributed by atoms with Crippen LogP contribution in [0.2, 0.25) is 0 Å². The minimum atomic E-state index is -1.14. The Morgan fingerprint density at radius 2 is 1.88 bits per heavy atom. The Bertz CT molecular complexity index is 326. The molecule has 0 heterocycles. The second kappa shape index (κ2) is 6.14. The molecule has 0 saturated heterocycles. The summed E-state index contributed by atoms with van der Waals surface area (Å²) in [6.07, 6.45) is 4.99. The Morgan fingerprint density at radius 3 is 2.24 bits per heavy atom. The van der Waals surface area contributed by atoms with E-state index < -0.39 is 18.0 Å². The van der Waals surface area contributed by atoms with Gasteiger partial charge < -0.3 is 15.7 Å². The van der Waals surface area contributed by atoms with Crippen molar-refractivity contribution in [3.63, 3.8) is 0 Å². The van der Waals surface area contributed by atoms with E-state index in [1.165, 1.54) is 0 Å². The lowest BCUT2D eigenvalue weighted by Crippen LogP contribution is -2.51. The molecule has 0 bridgehead atoms. The highest BCUT2D eigenvalue weighted by atomic mass is 16.4. The zero-order valence-electron chi connectivity index (χ0n) is 10.7. The first-order valence-electron chi connectivity index (χ1n) is 5.41. The molecule has 2 atom stereocenters. The number of terminal acetylenes is 1. The van der Waals surface area contributed by atoms with Crippen molar-refractivity contribution in [2.75, 3.05) is 0 Å². The molecule has 0 aliphatic rings. The zero-order chi connectivity index (χ0) is 13.6. The Labute approximate surface area is 102 Å². The summed E-state index contributed by atoms with van der Waals surface area (Å²) in [6.45, 7) is 7.80. The quantitative estimate of drug-likeness (QED) is 0.646. The fourth-order valence-electron chi connectivity index (χ4n) is 0.931. The maximum Gasteiger partial charge on any atom is 0.327 e. The van der Waals surface area contributed by atoms with Crippen molar-refractivity contribution in [2.45, 2.75) is 46.2 Å². The summed E-state index contributed by atoms with van der Waals surface area (Å²) in [4.78, 5) is 22.3. The third kappa shape index (κ3) is 5.81. The number of hydrogen-bond donors (Lipinski definition) is 3. The predicted octanol–water partition coefficient (Wildman–Crippen LogP) is 1.20. The lowest BCUT2D eigenvalue weighted by molar-refractivity contribution is -0.139. The van der Waals surface area contributed by atoms with Crippen LogP contribution in [0.3, 0.4) is 0 Å². The molecule has 0 aliphatic carbocycles. The summed E-state index contributed by atoms with van der Waals surface area (Å²) in [5, 5.41) is 13.8. The van der Waals surface area contributed by atoms with E-state index in [1.54, 1.807) is 0 Å². The van der Waals surface area contributed by atoms with Crippen LogP contribution in [-0.2, 0) is 4.79 Å². The van der Waals surface area contributed by atoms with Gasteiger partial charge >= 0.3 is 12.0 Å². The molecule has 0 aromatic carbocycles. The first kappa shape index (κ1) is 15.3. The average Bonchev–Trinajstić information content (AvgIpc) is 2.15. The van der Waals surface area contributed by atoms with Crippen molar-refractivity contribution in [3.05, 3.63) is 0 Å². The number of rotatable bonds is 4. The van der Waals surface area contributed by atoms with Crippen LogP contribution in [0.5, 0.6) is 0 Å². The van der Waals surface area contributed by atoms with Gasteiger partial charge in [0.1, 0.15) is 6.04 Å². The van der Waals surface area contributed by atoms with Crippen molar-refractivity contribution in [2.24, 2.45) is 5.41 Å². The maximum absolute atomic E-state index is 11.5. The van der Waals surface area contributed by atoms with Crippen molar-refractivity contribution in [1.82, 2.24) is 10.6 Å². The van der Waals surface area contributed by atoms with E-state index in [0.717, 1.165) is 0 Å². The predicted molar refractivity (Wildman–Crippen MR) is 65.5 cm³/mol. The van der Waals surface area contributed by atoms with E-state index in [0.29, 0.717) is 0 Å². The van der Waals surface area contributed by atoms with Crippen molar-refractivity contribution in [1.29, 1.82) is 0 Å². The molecular formula is C12H20N2O3. The molecule has 0 aliphatic heterocycles. The lowest BCUT2D eigenvalue weighted by atomic mass is 9.88. The third-order valence-corrected chi connectivity index (χ3v) is 2.57. The fraction of sp³-hybridized carbons (Fsp3) is 0.667. The van der Waals surface area contributed by atoms with Gasteiger partial charge in [0.2, 0.25) is 0 Å². The van der Waals surface area contributed by atoms with Gasteiger partial charge in [-0.05, 0) is 12.3 Å². The number of carboxylic acids is 1. The Kier molecular flexibility index (Phi) is 5.52. The summed E-state index contributed by atoms with van der Waals surface area (Å²) in [6, 6.07) is -1.65. The Hall–Kier alpha value is -1.70. The molecule has 0 aromatic heterocycles. The second-order valence-corrected chi connectivity index (χ2v) is 5.00. The highest BCUT2D eigenvalue weighted by Gasteiger charge is 2.24. The van der Waals surface area contributed by atoms with Crippen LogP contribution in [-0.4, -0.2) is 29.2 Å². The summed E-state index contributed by atoms with van der Waals surface area (Å²) in [5.74, 6) is 1.08. The van der Waals surface area contributed by atoms with E-state index in [1.807, 2.05) is 27.7 Å². The molecule has 0 saturated carbocycles. The normalized spacial score (nSPS) is 14.3. The second-order valence-electron chi connectivity index (χ2n) is 5.00. The van der Waals surface area contributed by atoms with Gasteiger partial charge in [-0.1, -0.05) is 20.8 Å². The molecule has 2 amide bonds. The molecule has 0 aromatic rings. The number of amides is 2. The Balaban J connectivity index is 4.35. The fourth-order valence-corrected chi connectivity index (χ4v) is 0.931. The molecule has 0 fully saturated rings. The van der Waals surface area contributed by atoms with Gasteiger partial charge in [-0.3, -0.25) is 0 Å². The zero-order valence-corrected chi connectivity index (χ0v) is 10.7. The number of carbonyl (C=O) groups is 2. The van der Waals surface area contributed by atoms with Crippen LogP contribution < -0.4 is 10.6 Å². The highest BCUT2D eigenvalue weighted by Crippen LogP contribution is 2.18. The maximum atomic E-state index is 11.5. The van der Waals surface area contributed by atoms with E-state index in [9.17, 15) is 9.59 Å². The molecule has 96 valence electrons. The number of urea groups is 1. The Morgan fingerprint density at radius 1 is 1.35 bits per heavy atom. The van der Waals surface area contributed by atoms with E-state index in [-0.39, 0.29) is 17.9 Å². The van der Waals surface area contributed by atoms with Crippen LogP contribution in [0.1, 0.15) is 34.1 Å². The first-order chi connectivity index (χ1) is 7.68. The molecular weight excluding hydrogens is 220 g/mol. The summed E-state index contributed by atoms with van der Waals surface area (Å²) >= 11 is 0. The van der Waals surface area contributed by atoms with Crippen molar-refractivity contribution < 1.29 is 14.7 Å². The van der Waals surface area contributed by atoms with Gasteiger partial charge in [-0.25, -0.2) is 9.59 Å². The molecule has 2 unspecified atom stereocenters. The molecule has 0 spiro atoms. The van der Waals surface area contributed by atoms with Crippen LogP contribution in [0.25, 0.3) is 0 Å². The molecule has 5 nitrogen and oxygen atoms in total. The monoisotopic (exact) mass is 240 g/mol. The number of hydrogen-bond acceptors (Lipinski definition) is 2. The minimum Gasteiger partial charge on any atom is -0.480 e. The summed E-state index contributed by atoms with van der Waals surface area (Å²) < 4.78 is 0. The van der Waals surface area contributed by atoms with Crippen LogP contribution in [0.15, 0.2) is 0 Å². The SMILES string of the molecule is C#CCC(NC(=O)NC(C)C(C)(C)C)C(=O)O. The smallest absolute Gasteiger partial charge is 0.327 e. The van der Waals surface area contributed by atoms with E-state index in [4.69, 9.17) is 11.5 Å². The van der Waals surface area contributed by atoms with Crippen molar-refractivity contribution >= 4 is 12.0 Å². The van der Waals surface area contributed by atoms with Gasteiger partial charge in [0.15, 0.2) is 0 Å². The largest absolute Gasteiger partial charge is 0.480 e. The lowest BCUT2D eigenvalue weighted by Gasteiger charge is -2.28. The average molecular weight is 240 g/mol. The van der Waals surface area contributed by atoms with Crippen LogP contribution in [0.4, 0.5) is 4.79 Å². The van der Waals surface area contributed by atoms with Crippen LogP contribution >= 0.6 is 0 Å². The summed E-state index contributed by atoms with van der Waals surface area (Å²) in [7, 11) is 0. The van der Waals surface area contributed by atoms with Gasteiger partial charge in [0.05, 0.1) is 0 Å². The molecule has 0 radical (unpaired) electrons. The van der Waals surface area contributed by atoms with Crippen LogP contribution in [0, 0.1) is 17.8 Å². The van der Waals surface area contributed by atoms with Gasteiger partial charge in [-0.15, -0.1) is 12.3 Å². The minimum absolute atomic E-state index is 0.0351. The standard InChI is InChI=1S/C12H20N2O3/c1-6-7-9(10(15)16)14-11(17)13-8(2)12(3,4)5/h1,8-9H,7H2,2-5H3,(H,15,16)(H2,13,14,17). The number of carbonyl (C=O) groups excluding carboxylic acids is 1. The first-order valence-corrected chi connectivity index (χ1v) is 5.41. The number of carboxylic acid groups (broad SMARTS) is 1. The molecule has 0 rings (SSSR count). The highest BCUT2D eigenvalue weighted by molar-refractivity contribution is 5.82.